The molecule has 0 saturated carbocycles. The van der Waals surface area contributed by atoms with Crippen LogP contribution in [0.25, 0.3) is 38.8 Å². The molecule has 0 amide bonds. The van der Waals surface area contributed by atoms with E-state index in [1.54, 1.807) is 6.20 Å². The van der Waals surface area contributed by atoms with Gasteiger partial charge in [0.2, 0.25) is 0 Å². The minimum atomic E-state index is -0.495. The third-order valence-corrected chi connectivity index (χ3v) is 7.94. The minimum Gasteiger partial charge on any atom is -0.393 e. The van der Waals surface area contributed by atoms with Gasteiger partial charge in [0, 0.05) is 43.7 Å². The minimum absolute atomic E-state index is 0. The quantitative estimate of drug-likeness (QED) is 0.160. The average Bonchev–Trinajstić information content (AvgIpc) is 3.35. The third-order valence-electron chi connectivity index (χ3n) is 7.94. The van der Waals surface area contributed by atoms with E-state index >= 15 is 0 Å². The summed E-state index contributed by atoms with van der Waals surface area (Å²) >= 11 is 0. The van der Waals surface area contributed by atoms with Crippen LogP contribution >= 0.6 is 0 Å². The van der Waals surface area contributed by atoms with Gasteiger partial charge in [-0.3, -0.25) is 0 Å². The number of rotatable bonds is 7. The molecular weight excluding hydrogens is 724 g/mol. The maximum Gasteiger partial charge on any atom is 0.0613 e. The normalized spacial score (nSPS) is 12.7. The molecule has 6 rings (SSSR count). The van der Waals surface area contributed by atoms with Gasteiger partial charge < -0.3 is 19.8 Å². The van der Waals surface area contributed by atoms with E-state index in [2.05, 4.69) is 101 Å². The molecule has 2 N–H and O–H groups in total. The summed E-state index contributed by atoms with van der Waals surface area (Å²) in [5, 5.41) is 23.1. The first-order valence-electron chi connectivity index (χ1n) is 15.0. The molecule has 230 valence electrons. The number of para-hydroxylation sites is 2. The molecule has 5 heteroatoms. The summed E-state index contributed by atoms with van der Waals surface area (Å²) in [7, 11) is 0. The van der Waals surface area contributed by atoms with Crippen LogP contribution in [-0.4, -0.2) is 32.0 Å². The van der Waals surface area contributed by atoms with E-state index in [-0.39, 0.29) is 26.5 Å². The van der Waals surface area contributed by atoms with Crippen molar-refractivity contribution in [2.45, 2.75) is 59.2 Å². The Morgan fingerprint density at radius 2 is 1.39 bits per heavy atom. The van der Waals surface area contributed by atoms with E-state index in [0.717, 1.165) is 23.4 Å². The van der Waals surface area contributed by atoms with Gasteiger partial charge in [-0.25, -0.2) is 0 Å². The number of pyridine rings is 1. The van der Waals surface area contributed by atoms with E-state index in [0.29, 0.717) is 12.8 Å². The van der Waals surface area contributed by atoms with Crippen LogP contribution in [0.3, 0.4) is 0 Å². The number of aromatic nitrogens is 2. The molecule has 4 aromatic carbocycles. The number of aliphatic hydroxyl groups is 2. The first-order valence-corrected chi connectivity index (χ1v) is 15.0. The fraction of sp³-hybridized carbons (Fsp3) is 0.256. The number of hydrogen-bond donors (Lipinski definition) is 2. The van der Waals surface area contributed by atoms with Gasteiger partial charge >= 0.3 is 0 Å². The van der Waals surface area contributed by atoms with Crippen LogP contribution in [0.5, 0.6) is 0 Å². The van der Waals surface area contributed by atoms with Crippen LogP contribution in [0.1, 0.15) is 44.7 Å². The summed E-state index contributed by atoms with van der Waals surface area (Å²) in [5.41, 5.74) is 7.79. The van der Waals surface area contributed by atoms with Gasteiger partial charge in [0.25, 0.3) is 0 Å². The third kappa shape index (κ3) is 8.12. The van der Waals surface area contributed by atoms with Crippen molar-refractivity contribution in [1.29, 1.82) is 0 Å². The zero-order valence-corrected chi connectivity index (χ0v) is 28.1. The second-order valence-electron chi connectivity index (χ2n) is 12.3. The number of aliphatic hydroxyl groups excluding tert-OH is 2. The zero-order valence-electron chi connectivity index (χ0n) is 25.9. The Labute approximate surface area is 275 Å². The van der Waals surface area contributed by atoms with Gasteiger partial charge in [-0.05, 0) is 66.3 Å². The second-order valence-corrected chi connectivity index (χ2v) is 12.3. The van der Waals surface area contributed by atoms with Crippen molar-refractivity contribution in [3.05, 3.63) is 133 Å². The predicted molar refractivity (Wildman–Crippen MR) is 178 cm³/mol. The molecule has 6 aromatic rings. The van der Waals surface area contributed by atoms with Gasteiger partial charge in [0.1, 0.15) is 0 Å². The first kappa shape index (κ1) is 33.3. The topological polar surface area (TPSA) is 58.3 Å². The maximum atomic E-state index is 10.3. The zero-order chi connectivity index (χ0) is 30.4. The van der Waals surface area contributed by atoms with Gasteiger partial charge in [-0.15, -0.1) is 35.4 Å². The molecule has 2 aromatic heterocycles. The summed E-state index contributed by atoms with van der Waals surface area (Å²) in [6.45, 7) is 8.05. The molecule has 0 bridgehead atoms. The van der Waals surface area contributed by atoms with Gasteiger partial charge in [-0.2, -0.15) is 0 Å². The standard InChI is InChI=1S/C27H31NO2.C12H10N.Pt/c1-27(2,3)26(30)18-21(29)17-14-19-12-15-20(16-13-19)28-24-10-6-4-8-22(24)23-9-5-7-11-25(23)28;1-10-5-7-11(8-6-10)12-4-2-3-9-13-12;/h4-13,15-16,21,26,29-30H,14,17-18H2,1-3H3;2-7,9H,1H3;/q;-1;. The van der Waals surface area contributed by atoms with Crippen LogP contribution in [0.4, 0.5) is 0 Å². The van der Waals surface area contributed by atoms with E-state index < -0.39 is 12.2 Å². The molecular formula is C39H41N2O2Pt-. The fourth-order valence-electron chi connectivity index (χ4n) is 5.26. The van der Waals surface area contributed by atoms with Gasteiger partial charge in [-0.1, -0.05) is 88.4 Å². The molecule has 0 spiro atoms. The Kier molecular flexibility index (Phi) is 11.3. The Hall–Kier alpha value is -3.56. The molecule has 2 unspecified atom stereocenters. The van der Waals surface area contributed by atoms with Crippen molar-refractivity contribution in [2.75, 3.05) is 0 Å². The average molecular weight is 765 g/mol. The van der Waals surface area contributed by atoms with Crippen LogP contribution < -0.4 is 0 Å². The molecule has 0 aliphatic rings. The molecule has 0 aliphatic carbocycles. The van der Waals surface area contributed by atoms with Crippen LogP contribution in [-0.2, 0) is 27.5 Å². The number of hydrogen-bond acceptors (Lipinski definition) is 3. The number of nitrogens with zero attached hydrogens (tertiary/aromatic N) is 2. The Bertz CT molecular complexity index is 1700. The van der Waals surface area contributed by atoms with Crippen LogP contribution in [0.15, 0.2) is 115 Å². The summed E-state index contributed by atoms with van der Waals surface area (Å²) < 4.78 is 2.31. The Morgan fingerprint density at radius 1 is 0.773 bits per heavy atom. The second kappa shape index (κ2) is 14.9. The Balaban J connectivity index is 0.000000264. The number of fused-ring (bicyclic) bond motifs is 3. The molecule has 2 heterocycles. The van der Waals surface area contributed by atoms with Crippen molar-refractivity contribution < 1.29 is 31.3 Å². The first-order chi connectivity index (χ1) is 20.7. The monoisotopic (exact) mass is 764 g/mol. The van der Waals surface area contributed by atoms with Gasteiger partial charge in [0.05, 0.1) is 23.2 Å². The van der Waals surface area contributed by atoms with Crippen molar-refractivity contribution in [3.63, 3.8) is 0 Å². The van der Waals surface area contributed by atoms with E-state index in [1.807, 2.05) is 51.1 Å². The summed E-state index contributed by atoms with van der Waals surface area (Å²) in [6.07, 6.45) is 2.68. The molecule has 0 saturated heterocycles. The summed E-state index contributed by atoms with van der Waals surface area (Å²) in [6, 6.07) is 40.8. The van der Waals surface area contributed by atoms with E-state index in [4.69, 9.17) is 0 Å². The number of aryl methyl sites for hydroxylation is 2. The fourth-order valence-corrected chi connectivity index (χ4v) is 5.26. The molecule has 0 fully saturated rings. The van der Waals surface area contributed by atoms with Crippen molar-refractivity contribution >= 4 is 21.8 Å². The molecule has 44 heavy (non-hydrogen) atoms. The van der Waals surface area contributed by atoms with E-state index in [1.165, 1.54) is 32.9 Å². The van der Waals surface area contributed by atoms with Crippen molar-refractivity contribution in [3.8, 4) is 16.9 Å². The smallest absolute Gasteiger partial charge is 0.0613 e. The molecule has 2 atom stereocenters. The number of benzene rings is 4. The maximum absolute atomic E-state index is 10.3. The summed E-state index contributed by atoms with van der Waals surface area (Å²) in [5.74, 6) is 0. The van der Waals surface area contributed by atoms with Crippen molar-refractivity contribution in [1.82, 2.24) is 9.55 Å². The predicted octanol–water partition coefficient (Wildman–Crippen LogP) is 8.73. The van der Waals surface area contributed by atoms with E-state index in [9.17, 15) is 10.2 Å². The van der Waals surface area contributed by atoms with Crippen molar-refractivity contribution in [2.24, 2.45) is 5.41 Å². The molecule has 4 nitrogen and oxygen atoms in total. The van der Waals surface area contributed by atoms with Crippen LogP contribution in [0.2, 0.25) is 0 Å². The molecule has 0 radical (unpaired) electrons. The Morgan fingerprint density at radius 3 is 1.93 bits per heavy atom. The SMILES string of the molecule is CC(C)(C)C(O)CC(O)CCc1ccc(-n2c3ccccc3c3ccccc32)cc1.Cc1c[c-]c(-c2ccccn2)cc1.[Pt]. The molecule has 0 aliphatic heterocycles. The largest absolute Gasteiger partial charge is 0.393 e. The van der Waals surface area contributed by atoms with Crippen LogP contribution in [0, 0.1) is 18.4 Å². The van der Waals surface area contributed by atoms with Gasteiger partial charge in [0.15, 0.2) is 0 Å². The summed E-state index contributed by atoms with van der Waals surface area (Å²) in [4.78, 5) is 4.25.